The fraction of sp³-hybridized carbons (Fsp3) is 0.744. The minimum absolute atomic E-state index is 0. The molecule has 1 aromatic heterocycles. The second-order valence-electron chi connectivity index (χ2n) is 14.4. The number of halogens is 1. The van der Waals surface area contributed by atoms with E-state index in [1.165, 1.54) is 19.4 Å². The van der Waals surface area contributed by atoms with Crippen LogP contribution in [-0.2, 0) is 57.1 Å². The van der Waals surface area contributed by atoms with Crippen molar-refractivity contribution < 1.29 is 89.9 Å². The minimum atomic E-state index is -1.20. The molecule has 3 rings (SSSR count). The van der Waals surface area contributed by atoms with Crippen molar-refractivity contribution in [2.24, 2.45) is 11.8 Å². The molecule has 2 aliphatic heterocycles. The Balaban J connectivity index is 0.000000613. The highest BCUT2D eigenvalue weighted by atomic mass is 35.5. The molecule has 2 saturated heterocycles. The van der Waals surface area contributed by atoms with E-state index in [9.17, 15) is 29.1 Å². The first-order valence-electron chi connectivity index (χ1n) is 19.6. The zero-order valence-electron chi connectivity index (χ0n) is 35.2. The molecule has 0 spiro atoms. The number of carbonyl (C=O) groups excluding carboxylic acids is 5. The zero-order chi connectivity index (χ0) is 42.7. The lowest BCUT2D eigenvalue weighted by Crippen LogP contribution is -3.00. The van der Waals surface area contributed by atoms with Gasteiger partial charge in [0.25, 0.3) is 5.91 Å². The first kappa shape index (κ1) is 52.2. The molecule has 19 heteroatoms. The highest BCUT2D eigenvalue weighted by Gasteiger charge is 2.40. The lowest BCUT2D eigenvalue weighted by molar-refractivity contribution is -0.415. The zero-order valence-corrected chi connectivity index (χ0v) is 36.0. The van der Waals surface area contributed by atoms with Gasteiger partial charge in [0.15, 0.2) is 35.4 Å². The molecular formula is C39H64ClN3O15. The number of rotatable bonds is 15. The van der Waals surface area contributed by atoms with Crippen LogP contribution in [0.5, 0.6) is 11.5 Å². The number of unbranched alkanes of at least 4 members (excludes halogenated alkanes) is 2. The van der Waals surface area contributed by atoms with Gasteiger partial charge in [0.05, 0.1) is 38.8 Å². The summed E-state index contributed by atoms with van der Waals surface area (Å²) in [4.78, 5) is 65.6. The molecule has 0 unspecified atom stereocenters. The molecule has 0 aromatic carbocycles. The van der Waals surface area contributed by atoms with Crippen molar-refractivity contribution >= 4 is 29.8 Å². The topological polar surface area (TPSA) is 241 Å². The summed E-state index contributed by atoms with van der Waals surface area (Å²) in [6.07, 6.45) is 0.661. The van der Waals surface area contributed by atoms with Crippen LogP contribution in [-0.4, -0.2) is 135 Å². The van der Waals surface area contributed by atoms with E-state index in [1.54, 1.807) is 41.5 Å². The van der Waals surface area contributed by atoms with Crippen LogP contribution in [0.2, 0.25) is 0 Å². The van der Waals surface area contributed by atoms with Gasteiger partial charge in [-0.25, -0.2) is 14.6 Å². The first-order chi connectivity index (χ1) is 27.1. The maximum absolute atomic E-state index is 12.8. The summed E-state index contributed by atoms with van der Waals surface area (Å²) in [5.41, 5.74) is 3.41. The predicted octanol–water partition coefficient (Wildman–Crippen LogP) is -1.07. The van der Waals surface area contributed by atoms with Crippen molar-refractivity contribution in [1.82, 2.24) is 10.3 Å². The van der Waals surface area contributed by atoms with Gasteiger partial charge in [-0.3, -0.25) is 14.4 Å². The Labute approximate surface area is 347 Å². The molecule has 332 valence electrons. The summed E-state index contributed by atoms with van der Waals surface area (Å²) >= 11 is 0. The Bertz CT molecular complexity index is 1430. The normalized spacial score (nSPS) is 25.3. The minimum Gasteiger partial charge on any atom is -1.00 e. The van der Waals surface area contributed by atoms with E-state index < -0.39 is 78.3 Å². The number of quaternary nitrogens is 1. The number of pyridine rings is 1. The maximum Gasteiger partial charge on any atom is 0.367 e. The van der Waals surface area contributed by atoms with Gasteiger partial charge in [0.1, 0.15) is 31.0 Å². The van der Waals surface area contributed by atoms with E-state index in [2.05, 4.69) is 23.0 Å². The van der Waals surface area contributed by atoms with Crippen molar-refractivity contribution in [3.05, 3.63) is 18.0 Å². The van der Waals surface area contributed by atoms with Crippen molar-refractivity contribution in [2.45, 2.75) is 130 Å². The molecule has 0 aliphatic carbocycles. The third-order valence-electron chi connectivity index (χ3n) is 8.78. The second-order valence-corrected chi connectivity index (χ2v) is 14.4. The van der Waals surface area contributed by atoms with E-state index >= 15 is 0 Å². The lowest BCUT2D eigenvalue weighted by Gasteiger charge is -2.30. The molecule has 3 heterocycles. The Morgan fingerprint density at radius 1 is 0.845 bits per heavy atom. The van der Waals surface area contributed by atoms with Gasteiger partial charge >= 0.3 is 23.9 Å². The van der Waals surface area contributed by atoms with E-state index in [-0.39, 0.29) is 68.1 Å². The maximum atomic E-state index is 12.8. The second kappa shape index (κ2) is 27.0. The van der Waals surface area contributed by atoms with E-state index in [0.717, 1.165) is 25.7 Å². The van der Waals surface area contributed by atoms with Crippen molar-refractivity contribution in [3.8, 4) is 11.5 Å². The summed E-state index contributed by atoms with van der Waals surface area (Å²) in [7, 11) is 1.34. The summed E-state index contributed by atoms with van der Waals surface area (Å²) in [6, 6.07) is -0.408. The summed E-state index contributed by atoms with van der Waals surface area (Å²) < 4.78 is 50.0. The van der Waals surface area contributed by atoms with Crippen LogP contribution in [0.4, 0.5) is 0 Å². The van der Waals surface area contributed by atoms with Crippen molar-refractivity contribution in [2.75, 3.05) is 46.8 Å². The third kappa shape index (κ3) is 16.8. The van der Waals surface area contributed by atoms with E-state index in [4.69, 9.17) is 42.6 Å². The van der Waals surface area contributed by atoms with Crippen molar-refractivity contribution in [3.63, 3.8) is 0 Å². The molecule has 0 radical (unpaired) electrons. The van der Waals surface area contributed by atoms with Crippen LogP contribution < -0.4 is 28.2 Å². The molecular weight excluding hydrogens is 786 g/mol. The number of hydrogen-bond acceptors (Lipinski definition) is 16. The van der Waals surface area contributed by atoms with Crippen LogP contribution in [0, 0.1) is 11.8 Å². The number of esters is 4. The van der Waals surface area contributed by atoms with Gasteiger partial charge in [-0.15, -0.1) is 0 Å². The van der Waals surface area contributed by atoms with Crippen LogP contribution >= 0.6 is 0 Å². The molecule has 58 heavy (non-hydrogen) atoms. The van der Waals surface area contributed by atoms with Gasteiger partial charge in [-0.2, -0.15) is 0 Å². The number of nitrogens with zero attached hydrogens (tertiary/aromatic N) is 1. The summed E-state index contributed by atoms with van der Waals surface area (Å²) in [5, 5.41) is 12.7. The first-order valence-corrected chi connectivity index (χ1v) is 19.6. The number of carbonyl (C=O) groups is 5. The van der Waals surface area contributed by atoms with Gasteiger partial charge in [-0.1, -0.05) is 54.4 Å². The molecule has 2 fully saturated rings. The van der Waals surface area contributed by atoms with Gasteiger partial charge in [0.2, 0.25) is 6.04 Å². The average Bonchev–Trinajstić information content (AvgIpc) is 3.24. The number of methoxy groups -OCH3 is 1. The highest BCUT2D eigenvalue weighted by Crippen LogP contribution is 2.28. The fourth-order valence-corrected chi connectivity index (χ4v) is 5.26. The number of ether oxygens (including phenoxy) is 9. The Kier molecular flexibility index (Phi) is 24.3. The number of nitrogens with one attached hydrogen (secondary N) is 1. The molecule has 1 amide bonds. The number of aromatic nitrogens is 1. The van der Waals surface area contributed by atoms with Crippen LogP contribution in [0.15, 0.2) is 12.3 Å². The largest absolute Gasteiger partial charge is 1.00 e. The van der Waals surface area contributed by atoms with Gasteiger partial charge in [-0.05, 0) is 26.7 Å². The van der Waals surface area contributed by atoms with E-state index in [0.29, 0.717) is 13.2 Å². The Morgan fingerprint density at radius 3 is 1.79 bits per heavy atom. The number of amides is 1. The van der Waals surface area contributed by atoms with Gasteiger partial charge in [0, 0.05) is 25.5 Å². The number of aromatic hydroxyl groups is 1. The Morgan fingerprint density at radius 2 is 1.33 bits per heavy atom. The lowest BCUT2D eigenvalue weighted by atomic mass is 10.1. The molecule has 5 N–H and O–H groups in total. The van der Waals surface area contributed by atoms with Crippen LogP contribution in [0.25, 0.3) is 0 Å². The average molecular weight is 850 g/mol. The molecule has 0 saturated carbocycles. The molecule has 0 bridgehead atoms. The van der Waals surface area contributed by atoms with E-state index in [1.807, 2.05) is 6.92 Å². The standard InChI is InChI=1S/C23H34N2O9.C16H29NO6.ClH/c1-6-7-10-32-17-12-31-11-15(23(29)33-14(4)20(17)34-22(28)13(2)3)25-21(27)18-19(26)16(30-5)8-9-24-18;1-5-6-7-21-13-9-20-8-12(17)16(19)22-11(4)14(13)23-15(18)10(2)3;/h8-9,13-15,17,20,26H,6-7,10-12H2,1-5H3,(H,25,27);10-14H,5-9,17H2,1-4H3;1H/t14-,15-,17-,20-;11-,12-,13-,14-;/m00./s1. The Hall–Kier alpha value is -3.81. The third-order valence-corrected chi connectivity index (χ3v) is 8.78. The highest BCUT2D eigenvalue weighted by molar-refractivity contribution is 5.98. The monoisotopic (exact) mass is 849 g/mol. The van der Waals surface area contributed by atoms with Crippen LogP contribution in [0.3, 0.4) is 0 Å². The SMILES string of the molecule is CCCCO[C@H]1COC[C@H](NC(=O)c2nccc(OC)c2O)C(=O)O[C@@H](C)[C@@H]1OC(=O)C(C)C.CCCCO[C@H]1COC[C@H]([NH3+])C(=O)O[C@@H](C)[C@@H]1OC(=O)C(C)C.[Cl-]. The number of hydrogen-bond donors (Lipinski definition) is 3. The number of cyclic esters (lactones) is 2. The van der Waals surface area contributed by atoms with Gasteiger partial charge < -0.3 is 71.2 Å². The quantitative estimate of drug-likeness (QED) is 0.108. The van der Waals surface area contributed by atoms with Crippen molar-refractivity contribution in [1.29, 1.82) is 0 Å². The smallest absolute Gasteiger partial charge is 0.367 e. The fourth-order valence-electron chi connectivity index (χ4n) is 5.26. The predicted molar refractivity (Wildman–Crippen MR) is 202 cm³/mol. The summed E-state index contributed by atoms with van der Waals surface area (Å²) in [5.74, 6) is -3.94. The molecule has 18 nitrogen and oxygen atoms in total. The summed E-state index contributed by atoms with van der Waals surface area (Å²) in [6.45, 7) is 15.4. The molecule has 2 aliphatic rings. The van der Waals surface area contributed by atoms with Crippen LogP contribution in [0.1, 0.15) is 91.6 Å². The molecule has 8 atom stereocenters. The molecule has 1 aromatic rings.